The first-order valence-electron chi connectivity index (χ1n) is 11.0. The number of carbonyl (C=O) groups is 1. The largest absolute Gasteiger partial charge is 0.464 e. The molecule has 2 aliphatic rings. The van der Waals surface area contributed by atoms with Crippen molar-refractivity contribution in [1.29, 1.82) is 0 Å². The highest BCUT2D eigenvalue weighted by atomic mass is 35.5. The lowest BCUT2D eigenvalue weighted by atomic mass is 9.69. The van der Waals surface area contributed by atoms with E-state index in [1.54, 1.807) is 18.2 Å². The fourth-order valence-electron chi connectivity index (χ4n) is 5.26. The van der Waals surface area contributed by atoms with Crippen LogP contribution >= 0.6 is 11.6 Å². The molecular formula is C28H21ClO4. The molecule has 2 heterocycles. The maximum Gasteiger partial charge on any atom is 0.196 e. The van der Waals surface area contributed by atoms with Crippen molar-refractivity contribution in [2.75, 3.05) is 0 Å². The summed E-state index contributed by atoms with van der Waals surface area (Å²) < 4.78 is 12.2. The molecule has 6 rings (SSSR count). The van der Waals surface area contributed by atoms with E-state index in [-0.39, 0.29) is 16.6 Å². The minimum absolute atomic E-state index is 0.00965. The topological polar surface area (TPSA) is 56.5 Å². The Kier molecular flexibility index (Phi) is 4.33. The molecule has 1 unspecified atom stereocenters. The Morgan fingerprint density at radius 3 is 2.64 bits per heavy atom. The van der Waals surface area contributed by atoms with Crippen LogP contribution in [-0.4, -0.2) is 5.78 Å². The highest BCUT2D eigenvalue weighted by molar-refractivity contribution is 6.31. The number of Topliss-reactive ketones (excluding diaryl/α,β-unsaturated/α-hetero) is 1. The maximum absolute atomic E-state index is 13.7. The molecular weight excluding hydrogens is 436 g/mol. The van der Waals surface area contributed by atoms with Crippen LogP contribution in [0.15, 0.2) is 81.4 Å². The lowest BCUT2D eigenvalue weighted by Gasteiger charge is -2.38. The van der Waals surface area contributed by atoms with Crippen LogP contribution < -0.4 is 10.2 Å². The quantitative estimate of drug-likeness (QED) is 0.317. The fourth-order valence-corrected chi connectivity index (χ4v) is 5.43. The Bertz CT molecular complexity index is 1570. The van der Waals surface area contributed by atoms with Gasteiger partial charge in [0, 0.05) is 34.6 Å². The number of ketones is 1. The molecule has 0 saturated heterocycles. The molecule has 0 amide bonds. The van der Waals surface area contributed by atoms with Crippen molar-refractivity contribution in [3.05, 3.63) is 98.6 Å². The van der Waals surface area contributed by atoms with Gasteiger partial charge < -0.3 is 9.15 Å². The number of benzene rings is 3. The molecule has 1 aromatic heterocycles. The summed E-state index contributed by atoms with van der Waals surface area (Å²) in [5, 5.41) is 2.83. The zero-order chi connectivity index (χ0) is 22.9. The van der Waals surface area contributed by atoms with Gasteiger partial charge >= 0.3 is 0 Å². The van der Waals surface area contributed by atoms with Gasteiger partial charge in [0.05, 0.1) is 17.6 Å². The minimum atomic E-state index is -0.571. The van der Waals surface area contributed by atoms with Crippen molar-refractivity contribution in [2.24, 2.45) is 5.41 Å². The average molecular weight is 457 g/mol. The van der Waals surface area contributed by atoms with Crippen LogP contribution in [0.5, 0.6) is 5.75 Å². The van der Waals surface area contributed by atoms with E-state index in [9.17, 15) is 9.59 Å². The van der Waals surface area contributed by atoms with Crippen LogP contribution in [0.25, 0.3) is 21.7 Å². The van der Waals surface area contributed by atoms with E-state index < -0.39 is 5.92 Å². The predicted molar refractivity (Wildman–Crippen MR) is 129 cm³/mol. The van der Waals surface area contributed by atoms with E-state index in [2.05, 4.69) is 13.8 Å². The van der Waals surface area contributed by atoms with Gasteiger partial charge in [-0.2, -0.15) is 0 Å². The zero-order valence-corrected chi connectivity index (χ0v) is 19.0. The Balaban J connectivity index is 1.70. The SMILES string of the molecule is CC1(C)CC(=O)C2=C(C1)Oc1ccc3ccccc3c1C2c1coc2ccc(Cl)cc2c1=O. The number of carbonyl (C=O) groups excluding carboxylic acids is 1. The number of fused-ring (bicyclic) bond motifs is 4. The van der Waals surface area contributed by atoms with Crippen LogP contribution in [-0.2, 0) is 4.79 Å². The number of hydrogen-bond acceptors (Lipinski definition) is 4. The summed E-state index contributed by atoms with van der Waals surface area (Å²) in [4.78, 5) is 27.3. The molecule has 0 N–H and O–H groups in total. The van der Waals surface area contributed by atoms with Crippen LogP contribution in [0.4, 0.5) is 0 Å². The third-order valence-corrected chi connectivity index (χ3v) is 6.93. The average Bonchev–Trinajstić information content (AvgIpc) is 2.77. The second kappa shape index (κ2) is 7.06. The van der Waals surface area contributed by atoms with Crippen LogP contribution in [0, 0.1) is 5.41 Å². The summed E-state index contributed by atoms with van der Waals surface area (Å²) in [5.74, 6) is 0.761. The first-order valence-corrected chi connectivity index (χ1v) is 11.4. The molecule has 1 aliphatic heterocycles. The lowest BCUT2D eigenvalue weighted by Crippen LogP contribution is -2.34. The molecule has 0 fully saturated rings. The smallest absolute Gasteiger partial charge is 0.196 e. The third-order valence-electron chi connectivity index (χ3n) is 6.69. The van der Waals surface area contributed by atoms with Gasteiger partial charge in [0.2, 0.25) is 0 Å². The van der Waals surface area contributed by atoms with E-state index in [1.807, 2.05) is 36.4 Å². The fraction of sp³-hybridized carbons (Fsp3) is 0.214. The van der Waals surface area contributed by atoms with E-state index in [0.29, 0.717) is 51.5 Å². The van der Waals surface area contributed by atoms with Gasteiger partial charge in [-0.25, -0.2) is 0 Å². The Labute approximate surface area is 195 Å². The number of ether oxygens (including phenoxy) is 1. The van der Waals surface area contributed by atoms with Crippen molar-refractivity contribution >= 4 is 39.1 Å². The number of allylic oxidation sites excluding steroid dienone is 2. The Morgan fingerprint density at radius 1 is 0.970 bits per heavy atom. The maximum atomic E-state index is 13.7. The van der Waals surface area contributed by atoms with Crippen molar-refractivity contribution in [1.82, 2.24) is 0 Å². The first-order chi connectivity index (χ1) is 15.8. The summed E-state index contributed by atoms with van der Waals surface area (Å²) in [5.41, 5.74) is 1.88. The van der Waals surface area contributed by atoms with Crippen molar-refractivity contribution < 1.29 is 13.9 Å². The van der Waals surface area contributed by atoms with E-state index in [1.165, 1.54) is 6.26 Å². The Hall–Kier alpha value is -3.37. The molecule has 3 aromatic carbocycles. The first kappa shape index (κ1) is 20.3. The van der Waals surface area contributed by atoms with E-state index in [4.69, 9.17) is 20.8 Å². The normalized spacial score (nSPS) is 19.4. The predicted octanol–water partition coefficient (Wildman–Crippen LogP) is 6.77. The molecule has 5 heteroatoms. The van der Waals surface area contributed by atoms with Gasteiger partial charge in [-0.3, -0.25) is 9.59 Å². The van der Waals surface area contributed by atoms with E-state index in [0.717, 1.165) is 16.3 Å². The van der Waals surface area contributed by atoms with Crippen LogP contribution in [0.3, 0.4) is 0 Å². The molecule has 1 atom stereocenters. The summed E-state index contributed by atoms with van der Waals surface area (Å²) in [6.45, 7) is 4.13. The summed E-state index contributed by atoms with van der Waals surface area (Å²) in [6.07, 6.45) is 2.52. The molecule has 164 valence electrons. The highest BCUT2D eigenvalue weighted by Crippen LogP contribution is 2.51. The molecule has 4 nitrogen and oxygen atoms in total. The van der Waals surface area contributed by atoms with E-state index >= 15 is 0 Å². The van der Waals surface area contributed by atoms with Gasteiger partial charge in [-0.1, -0.05) is 55.8 Å². The van der Waals surface area contributed by atoms with Gasteiger partial charge in [-0.05, 0) is 40.5 Å². The monoisotopic (exact) mass is 456 g/mol. The number of rotatable bonds is 1. The molecule has 0 spiro atoms. The molecule has 4 aromatic rings. The molecule has 1 aliphatic carbocycles. The minimum Gasteiger partial charge on any atom is -0.464 e. The molecule has 0 saturated carbocycles. The van der Waals surface area contributed by atoms with Crippen molar-refractivity contribution in [3.63, 3.8) is 0 Å². The zero-order valence-electron chi connectivity index (χ0n) is 18.3. The number of halogens is 1. The van der Waals surface area contributed by atoms with Crippen LogP contribution in [0.1, 0.15) is 43.7 Å². The molecule has 0 bridgehead atoms. The second-order valence-electron chi connectivity index (χ2n) is 9.67. The molecule has 33 heavy (non-hydrogen) atoms. The standard InChI is InChI=1S/C28H21ClO4/c1-28(2)12-20(30)26-23(13-28)33-22-9-7-15-5-3-4-6-17(15)24(22)25(26)19-14-32-21-10-8-16(29)11-18(21)27(19)31/h3-11,14,25H,12-13H2,1-2H3. The third kappa shape index (κ3) is 3.12. The second-order valence-corrected chi connectivity index (χ2v) is 10.1. The summed E-state index contributed by atoms with van der Waals surface area (Å²) in [6, 6.07) is 16.9. The Morgan fingerprint density at radius 2 is 1.79 bits per heavy atom. The van der Waals surface area contributed by atoms with Crippen molar-refractivity contribution in [3.8, 4) is 5.75 Å². The lowest BCUT2D eigenvalue weighted by molar-refractivity contribution is -0.118. The van der Waals surface area contributed by atoms with Crippen molar-refractivity contribution in [2.45, 2.75) is 32.6 Å². The molecule has 0 radical (unpaired) electrons. The van der Waals surface area contributed by atoms with Gasteiger partial charge in [0.1, 0.15) is 17.1 Å². The van der Waals surface area contributed by atoms with Crippen LogP contribution in [0.2, 0.25) is 5.02 Å². The number of hydrogen-bond donors (Lipinski definition) is 0. The van der Waals surface area contributed by atoms with Gasteiger partial charge in [-0.15, -0.1) is 0 Å². The summed E-state index contributed by atoms with van der Waals surface area (Å²) in [7, 11) is 0. The highest BCUT2D eigenvalue weighted by Gasteiger charge is 2.43. The van der Waals surface area contributed by atoms with Gasteiger partial charge in [0.15, 0.2) is 11.2 Å². The summed E-state index contributed by atoms with van der Waals surface area (Å²) >= 11 is 6.19. The van der Waals surface area contributed by atoms with Gasteiger partial charge in [0.25, 0.3) is 0 Å².